The largest absolute Gasteiger partial charge is 0.481 e. The van der Waals surface area contributed by atoms with E-state index in [1.807, 2.05) is 27.7 Å². The predicted octanol–water partition coefficient (Wildman–Crippen LogP) is 5.54. The summed E-state index contributed by atoms with van der Waals surface area (Å²) in [6, 6.07) is 9.33. The molecule has 2 aromatic rings. The molecule has 0 radical (unpaired) electrons. The van der Waals surface area contributed by atoms with Crippen LogP contribution in [0.3, 0.4) is 0 Å². The van der Waals surface area contributed by atoms with Crippen molar-refractivity contribution in [3.05, 3.63) is 41.2 Å². The Morgan fingerprint density at radius 2 is 1.88 bits per heavy atom. The molecule has 1 aliphatic rings. The maximum atomic E-state index is 12.5. The van der Waals surface area contributed by atoms with Gasteiger partial charge in [-0.1, -0.05) is 57.3 Å². The van der Waals surface area contributed by atoms with Crippen molar-refractivity contribution in [1.29, 1.82) is 0 Å². The number of benzene rings is 1. The zero-order chi connectivity index (χ0) is 29.5. The lowest BCUT2D eigenvalue weighted by molar-refractivity contribution is -0.143. The van der Waals surface area contributed by atoms with Gasteiger partial charge >= 0.3 is 12.1 Å². The summed E-state index contributed by atoms with van der Waals surface area (Å²) in [5, 5.41) is 22.4. The van der Waals surface area contributed by atoms with Crippen LogP contribution in [0, 0.1) is 5.92 Å². The number of carboxylic acids is 1. The highest BCUT2D eigenvalue weighted by Gasteiger charge is 2.34. The molecule has 1 aromatic heterocycles. The van der Waals surface area contributed by atoms with Gasteiger partial charge in [-0.05, 0) is 67.6 Å². The van der Waals surface area contributed by atoms with E-state index in [-0.39, 0.29) is 18.7 Å². The molecule has 1 aliphatic heterocycles. The van der Waals surface area contributed by atoms with Crippen LogP contribution < -0.4 is 0 Å². The smallest absolute Gasteiger partial charge is 0.410 e. The van der Waals surface area contributed by atoms with Crippen molar-refractivity contribution in [1.82, 2.24) is 25.1 Å². The minimum absolute atomic E-state index is 0.205. The number of amides is 1. The van der Waals surface area contributed by atoms with Gasteiger partial charge in [0, 0.05) is 39.6 Å². The van der Waals surface area contributed by atoms with E-state index in [2.05, 4.69) is 59.4 Å². The summed E-state index contributed by atoms with van der Waals surface area (Å²) in [4.78, 5) is 26.6. The number of aromatic nitrogens is 4. The first kappa shape index (κ1) is 31.7. The Bertz CT molecular complexity index is 1110. The van der Waals surface area contributed by atoms with Crippen LogP contribution in [0.4, 0.5) is 4.79 Å². The molecule has 2 heterocycles. The summed E-state index contributed by atoms with van der Waals surface area (Å²) in [7, 11) is -1.23. The number of carboxylic acid groups (broad SMARTS) is 1. The van der Waals surface area contributed by atoms with E-state index in [0.29, 0.717) is 38.4 Å². The molecule has 1 N–H and O–H groups in total. The molecule has 1 aromatic carbocycles. The molecular formula is C29H47N5O5Si. The fourth-order valence-corrected chi connectivity index (χ4v) is 5.78. The quantitative estimate of drug-likeness (QED) is 0.245. The molecule has 40 heavy (non-hydrogen) atoms. The molecule has 1 unspecified atom stereocenters. The molecule has 1 fully saturated rings. The summed E-state index contributed by atoms with van der Waals surface area (Å²) in [5.41, 5.74) is 1.67. The number of hydrogen-bond acceptors (Lipinski definition) is 7. The topological polar surface area (TPSA) is 120 Å². The number of nitrogens with zero attached hydrogens (tertiary/aromatic N) is 5. The maximum Gasteiger partial charge on any atom is 0.410 e. The zero-order valence-corrected chi connectivity index (χ0v) is 26.2. The molecule has 3 rings (SSSR count). The zero-order valence-electron chi connectivity index (χ0n) is 25.2. The number of ether oxygens (including phenoxy) is 2. The van der Waals surface area contributed by atoms with Gasteiger partial charge in [0.1, 0.15) is 12.3 Å². The van der Waals surface area contributed by atoms with E-state index in [4.69, 9.17) is 9.47 Å². The molecule has 0 aliphatic carbocycles. The monoisotopic (exact) mass is 573 g/mol. The number of rotatable bonds is 13. The van der Waals surface area contributed by atoms with Crippen molar-refractivity contribution in [2.45, 2.75) is 103 Å². The third kappa shape index (κ3) is 9.40. The van der Waals surface area contributed by atoms with Gasteiger partial charge in [-0.25, -0.2) is 9.48 Å². The minimum Gasteiger partial charge on any atom is -0.481 e. The van der Waals surface area contributed by atoms with E-state index in [1.165, 1.54) is 0 Å². The van der Waals surface area contributed by atoms with Crippen LogP contribution in [-0.4, -0.2) is 75.6 Å². The van der Waals surface area contributed by atoms with E-state index >= 15 is 0 Å². The molecule has 0 spiro atoms. The van der Waals surface area contributed by atoms with Crippen LogP contribution in [0.15, 0.2) is 24.3 Å². The van der Waals surface area contributed by atoms with Crippen LogP contribution in [-0.2, 0) is 27.4 Å². The van der Waals surface area contributed by atoms with Crippen molar-refractivity contribution in [3.63, 3.8) is 0 Å². The summed E-state index contributed by atoms with van der Waals surface area (Å²) < 4.78 is 13.0. The number of aliphatic carboxylic acids is 1. The van der Waals surface area contributed by atoms with Crippen LogP contribution in [0.2, 0.25) is 25.7 Å². The molecule has 0 bridgehead atoms. The Kier molecular flexibility index (Phi) is 10.9. The molecule has 222 valence electrons. The number of tetrazole rings is 1. The normalized spacial score (nSPS) is 17.6. The lowest BCUT2D eigenvalue weighted by atomic mass is 9.83. The van der Waals surface area contributed by atoms with Crippen LogP contribution in [0.5, 0.6) is 0 Å². The average Bonchev–Trinajstić information content (AvgIpc) is 3.53. The summed E-state index contributed by atoms with van der Waals surface area (Å²) in [6.45, 7) is 16.6. The van der Waals surface area contributed by atoms with Crippen LogP contribution in [0.1, 0.15) is 75.7 Å². The van der Waals surface area contributed by atoms with Crippen LogP contribution in [0.25, 0.3) is 0 Å². The SMILES string of the molecule is CCC[C@H](C(=O)O)[C@H](Cc1ccc(C2CCN(C(=O)OC(C)(C)C)C2)cc1)c1nnnn1COCC[Si](C)(C)C. The Balaban J connectivity index is 1.73. The first-order valence-electron chi connectivity index (χ1n) is 14.4. The molecule has 11 heteroatoms. The summed E-state index contributed by atoms with van der Waals surface area (Å²) in [6.07, 6.45) is 2.39. The van der Waals surface area contributed by atoms with Gasteiger partial charge in [0.15, 0.2) is 5.82 Å². The van der Waals surface area contributed by atoms with Gasteiger partial charge in [0.25, 0.3) is 0 Å². The van der Waals surface area contributed by atoms with Gasteiger partial charge in [0.2, 0.25) is 0 Å². The molecule has 10 nitrogen and oxygen atoms in total. The van der Waals surface area contributed by atoms with Crippen molar-refractivity contribution in [2.75, 3.05) is 19.7 Å². The van der Waals surface area contributed by atoms with Gasteiger partial charge in [-0.2, -0.15) is 0 Å². The van der Waals surface area contributed by atoms with E-state index in [9.17, 15) is 14.7 Å². The highest BCUT2D eigenvalue weighted by atomic mass is 28.3. The minimum atomic E-state index is -1.23. The second-order valence-corrected chi connectivity index (χ2v) is 18.7. The standard InChI is InChI=1S/C29H47N5O5Si/c1-8-9-24(27(35)36)25(26-30-31-32-34(26)20-38-16-17-40(5,6)7)18-21-10-12-22(13-11-21)23-14-15-33(19-23)28(37)39-29(2,3)4/h10-13,23-25H,8-9,14-20H2,1-7H3,(H,35,36)/t23?,24-,25-/m0/s1. The highest BCUT2D eigenvalue weighted by Crippen LogP contribution is 2.33. The lowest BCUT2D eigenvalue weighted by Crippen LogP contribution is -2.35. The molecule has 0 saturated carbocycles. The highest BCUT2D eigenvalue weighted by molar-refractivity contribution is 6.76. The first-order chi connectivity index (χ1) is 18.8. The van der Waals surface area contributed by atoms with Gasteiger partial charge in [0.05, 0.1) is 5.92 Å². The molecule has 1 saturated heterocycles. The fourth-order valence-electron chi connectivity index (χ4n) is 5.02. The number of hydrogen-bond donors (Lipinski definition) is 1. The third-order valence-electron chi connectivity index (χ3n) is 7.25. The molecular weight excluding hydrogens is 526 g/mol. The van der Waals surface area contributed by atoms with Crippen molar-refractivity contribution in [2.24, 2.45) is 5.92 Å². The van der Waals surface area contributed by atoms with E-state index in [0.717, 1.165) is 30.0 Å². The Morgan fingerprint density at radius 1 is 1.18 bits per heavy atom. The number of carbonyl (C=O) groups excluding carboxylic acids is 1. The molecule has 1 amide bonds. The summed E-state index contributed by atoms with van der Waals surface area (Å²) >= 11 is 0. The lowest BCUT2D eigenvalue weighted by Gasteiger charge is -2.24. The number of likely N-dealkylation sites (tertiary alicyclic amines) is 1. The van der Waals surface area contributed by atoms with Crippen molar-refractivity contribution >= 4 is 20.1 Å². The van der Waals surface area contributed by atoms with Gasteiger partial charge in [-0.15, -0.1) is 5.10 Å². The second kappa shape index (κ2) is 13.7. The number of carbonyl (C=O) groups is 2. The van der Waals surface area contributed by atoms with Crippen molar-refractivity contribution in [3.8, 4) is 0 Å². The second-order valence-electron chi connectivity index (χ2n) is 13.1. The fraction of sp³-hybridized carbons (Fsp3) is 0.690. The summed E-state index contributed by atoms with van der Waals surface area (Å²) in [5.74, 6) is -1.07. The van der Waals surface area contributed by atoms with Gasteiger partial charge < -0.3 is 19.5 Å². The maximum absolute atomic E-state index is 12.5. The Labute approximate surface area is 239 Å². The average molecular weight is 574 g/mol. The van der Waals surface area contributed by atoms with Gasteiger partial charge in [-0.3, -0.25) is 4.79 Å². The third-order valence-corrected chi connectivity index (χ3v) is 8.95. The first-order valence-corrected chi connectivity index (χ1v) is 18.1. The van der Waals surface area contributed by atoms with Crippen LogP contribution >= 0.6 is 0 Å². The van der Waals surface area contributed by atoms with E-state index < -0.39 is 31.5 Å². The van der Waals surface area contributed by atoms with Crippen molar-refractivity contribution < 1.29 is 24.2 Å². The Hall–Kier alpha value is -2.79. The predicted molar refractivity (Wildman–Crippen MR) is 156 cm³/mol. The Morgan fingerprint density at radius 3 is 2.48 bits per heavy atom. The van der Waals surface area contributed by atoms with E-state index in [1.54, 1.807) is 9.58 Å². The molecule has 3 atom stereocenters.